The average Bonchev–Trinajstić information content (AvgIpc) is 2.90. The zero-order valence-electron chi connectivity index (χ0n) is 20.1. The topological polar surface area (TPSA) is 38.7 Å². The number of fused-ring (bicyclic) bond motifs is 1. The van der Waals surface area contributed by atoms with Crippen molar-refractivity contribution < 1.29 is 14.6 Å². The van der Waals surface area contributed by atoms with E-state index < -0.39 is 6.29 Å². The first kappa shape index (κ1) is 25.1. The molecule has 0 amide bonds. The average molecular weight is 576 g/mol. The fraction of sp³-hybridized carbons (Fsp3) is 0.226. The molecule has 0 saturated heterocycles. The summed E-state index contributed by atoms with van der Waals surface area (Å²) >= 11 is 2.27. The molecule has 1 unspecified atom stereocenters. The van der Waals surface area contributed by atoms with Crippen molar-refractivity contribution in [1.82, 2.24) is 0 Å². The lowest BCUT2D eigenvalue weighted by molar-refractivity contribution is -0.0200. The predicted molar refractivity (Wildman–Crippen MR) is 151 cm³/mol. The number of hydrogen-bond acceptors (Lipinski definition) is 3. The summed E-state index contributed by atoms with van der Waals surface area (Å²) in [5, 5.41) is 12.7. The molecule has 1 atom stereocenters. The minimum absolute atomic E-state index is 0.631. The Morgan fingerprint density at radius 3 is 2.43 bits per heavy atom. The zero-order valence-corrected chi connectivity index (χ0v) is 22.2. The Morgan fingerprint density at radius 2 is 1.66 bits per heavy atom. The molecule has 0 spiro atoms. The van der Waals surface area contributed by atoms with Crippen LogP contribution in [0.2, 0.25) is 0 Å². The van der Waals surface area contributed by atoms with E-state index in [1.54, 1.807) is 13.2 Å². The number of methoxy groups -OCH3 is 1. The minimum Gasteiger partial charge on any atom is -0.497 e. The smallest absolute Gasteiger partial charge is 0.224 e. The first-order valence-electron chi connectivity index (χ1n) is 11.9. The van der Waals surface area contributed by atoms with Crippen LogP contribution in [-0.2, 0) is 6.42 Å². The van der Waals surface area contributed by atoms with E-state index in [1.807, 2.05) is 36.4 Å². The van der Waals surface area contributed by atoms with Gasteiger partial charge in [-0.1, -0.05) is 68.0 Å². The van der Waals surface area contributed by atoms with Crippen molar-refractivity contribution in [1.29, 1.82) is 0 Å². The third-order valence-electron chi connectivity index (χ3n) is 5.91. The Kier molecular flexibility index (Phi) is 8.68. The first-order chi connectivity index (χ1) is 17.1. The largest absolute Gasteiger partial charge is 0.497 e. The molecular weight excluding hydrogens is 547 g/mol. The maximum absolute atomic E-state index is 10.6. The summed E-state index contributed by atoms with van der Waals surface area (Å²) in [5.74, 6) is 7.87. The molecule has 4 heteroatoms. The number of aryl methyl sites for hydroxylation is 1. The first-order valence-corrected chi connectivity index (χ1v) is 13.0. The Labute approximate surface area is 221 Å². The number of hydrogen-bond donors (Lipinski definition) is 1. The van der Waals surface area contributed by atoms with Gasteiger partial charge >= 0.3 is 0 Å². The highest BCUT2D eigenvalue weighted by molar-refractivity contribution is 14.1. The van der Waals surface area contributed by atoms with E-state index in [4.69, 9.17) is 9.47 Å². The maximum Gasteiger partial charge on any atom is 0.224 e. The van der Waals surface area contributed by atoms with Crippen molar-refractivity contribution in [2.75, 3.05) is 7.11 Å². The molecule has 0 aliphatic carbocycles. The lowest BCUT2D eigenvalue weighted by atomic mass is 10.0. The van der Waals surface area contributed by atoms with Gasteiger partial charge in [0, 0.05) is 16.7 Å². The molecule has 4 rings (SSSR count). The summed E-state index contributed by atoms with van der Waals surface area (Å²) in [7, 11) is 1.60. The molecule has 3 nitrogen and oxygen atoms in total. The standard InChI is InChI=1S/C31H29IO3/c1-3-4-5-7-22-10-12-23(13-11-22)14-15-24-16-18-28-25(20-24)17-19-29(30(28)32)35-31(33)26-8-6-9-27(21-26)34-2/h6,8-13,16-21,31,33H,3-5,7H2,1-2H3. The van der Waals surface area contributed by atoms with Gasteiger partial charge in [0.15, 0.2) is 0 Å². The molecule has 0 bridgehead atoms. The number of rotatable bonds is 8. The molecule has 4 aromatic carbocycles. The Morgan fingerprint density at radius 1 is 0.886 bits per heavy atom. The van der Waals surface area contributed by atoms with Crippen molar-refractivity contribution in [3.8, 4) is 23.3 Å². The molecule has 35 heavy (non-hydrogen) atoms. The Balaban J connectivity index is 1.48. The maximum atomic E-state index is 10.6. The normalized spacial score (nSPS) is 11.5. The second-order valence-corrected chi connectivity index (χ2v) is 9.54. The van der Waals surface area contributed by atoms with Gasteiger partial charge < -0.3 is 14.6 Å². The number of halogens is 1. The fourth-order valence-corrected chi connectivity index (χ4v) is 4.70. The van der Waals surface area contributed by atoms with Gasteiger partial charge in [0.25, 0.3) is 0 Å². The molecule has 0 radical (unpaired) electrons. The third-order valence-corrected chi connectivity index (χ3v) is 7.02. The quantitative estimate of drug-likeness (QED) is 0.101. The van der Waals surface area contributed by atoms with Gasteiger partial charge in [-0.3, -0.25) is 0 Å². The third kappa shape index (κ3) is 6.56. The summed E-state index contributed by atoms with van der Waals surface area (Å²) in [4.78, 5) is 0. The van der Waals surface area contributed by atoms with E-state index >= 15 is 0 Å². The van der Waals surface area contributed by atoms with Crippen LogP contribution in [0.15, 0.2) is 78.9 Å². The van der Waals surface area contributed by atoms with Gasteiger partial charge in [0.1, 0.15) is 11.5 Å². The van der Waals surface area contributed by atoms with E-state index in [-0.39, 0.29) is 0 Å². The Hall–Kier alpha value is -3.01. The number of aliphatic hydroxyl groups excluding tert-OH is 1. The van der Waals surface area contributed by atoms with E-state index in [0.717, 1.165) is 31.9 Å². The lowest BCUT2D eigenvalue weighted by Crippen LogP contribution is -2.07. The number of aliphatic hydroxyl groups is 1. The van der Waals surface area contributed by atoms with Crippen LogP contribution in [0.3, 0.4) is 0 Å². The lowest BCUT2D eigenvalue weighted by Gasteiger charge is -2.16. The summed E-state index contributed by atoms with van der Waals surface area (Å²) in [6.45, 7) is 2.23. The van der Waals surface area contributed by atoms with Crippen LogP contribution in [0.4, 0.5) is 0 Å². The molecule has 0 fully saturated rings. The molecule has 0 aliphatic rings. The van der Waals surface area contributed by atoms with Crippen LogP contribution in [0.1, 0.15) is 54.7 Å². The number of benzene rings is 4. The van der Waals surface area contributed by atoms with Crippen LogP contribution in [-0.4, -0.2) is 12.2 Å². The number of unbranched alkanes of at least 4 members (excludes halogenated alkanes) is 2. The highest BCUT2D eigenvalue weighted by Gasteiger charge is 2.14. The summed E-state index contributed by atoms with van der Waals surface area (Å²) < 4.78 is 12.1. The molecule has 178 valence electrons. The highest BCUT2D eigenvalue weighted by atomic mass is 127. The van der Waals surface area contributed by atoms with Crippen molar-refractivity contribution in [2.45, 2.75) is 38.9 Å². The molecular formula is C31H29IO3. The zero-order chi connectivity index (χ0) is 24.6. The van der Waals surface area contributed by atoms with Crippen molar-refractivity contribution >= 4 is 33.4 Å². The van der Waals surface area contributed by atoms with Crippen molar-refractivity contribution in [2.24, 2.45) is 0 Å². The van der Waals surface area contributed by atoms with Gasteiger partial charge in [-0.25, -0.2) is 0 Å². The molecule has 0 aliphatic heterocycles. The summed E-state index contributed by atoms with van der Waals surface area (Å²) in [6, 6.07) is 25.9. The summed E-state index contributed by atoms with van der Waals surface area (Å²) in [5.41, 5.74) is 4.00. The second kappa shape index (κ2) is 12.1. The highest BCUT2D eigenvalue weighted by Crippen LogP contribution is 2.33. The molecule has 1 N–H and O–H groups in total. The van der Waals surface area contributed by atoms with Crippen molar-refractivity contribution in [3.05, 3.63) is 105 Å². The molecule has 0 heterocycles. The van der Waals surface area contributed by atoms with Gasteiger partial charge in [-0.05, 0) is 94.2 Å². The summed E-state index contributed by atoms with van der Waals surface area (Å²) in [6.07, 6.45) is 3.81. The predicted octanol–water partition coefficient (Wildman–Crippen LogP) is 7.66. The van der Waals surface area contributed by atoms with Crippen LogP contribution in [0.25, 0.3) is 10.8 Å². The molecule has 0 aromatic heterocycles. The molecule has 0 saturated carbocycles. The van der Waals surface area contributed by atoms with E-state index in [2.05, 4.69) is 77.8 Å². The van der Waals surface area contributed by atoms with Gasteiger partial charge in [0.05, 0.1) is 10.7 Å². The van der Waals surface area contributed by atoms with Crippen LogP contribution < -0.4 is 9.47 Å². The van der Waals surface area contributed by atoms with Crippen LogP contribution in [0.5, 0.6) is 11.5 Å². The van der Waals surface area contributed by atoms with Gasteiger partial charge in [-0.15, -0.1) is 0 Å². The van der Waals surface area contributed by atoms with E-state index in [9.17, 15) is 5.11 Å². The number of ether oxygens (including phenoxy) is 2. The van der Waals surface area contributed by atoms with Gasteiger partial charge in [0.2, 0.25) is 6.29 Å². The monoisotopic (exact) mass is 576 g/mol. The Bertz CT molecular complexity index is 1350. The second-order valence-electron chi connectivity index (χ2n) is 8.46. The fourth-order valence-electron chi connectivity index (χ4n) is 3.90. The van der Waals surface area contributed by atoms with Crippen molar-refractivity contribution in [3.63, 3.8) is 0 Å². The van der Waals surface area contributed by atoms with Crippen LogP contribution in [0, 0.1) is 15.4 Å². The molecule has 4 aromatic rings. The SMILES string of the molecule is CCCCCc1ccc(C#Cc2ccc3c(I)c(OC(O)c4cccc(OC)c4)ccc3c2)cc1. The van der Waals surface area contributed by atoms with Gasteiger partial charge in [-0.2, -0.15) is 0 Å². The minimum atomic E-state index is -1.08. The van der Waals surface area contributed by atoms with Crippen LogP contribution >= 0.6 is 22.6 Å². The van der Waals surface area contributed by atoms with E-state index in [1.165, 1.54) is 24.8 Å². The van der Waals surface area contributed by atoms with E-state index in [0.29, 0.717) is 17.1 Å².